The summed E-state index contributed by atoms with van der Waals surface area (Å²) >= 11 is 0. The van der Waals surface area contributed by atoms with Crippen LogP contribution in [-0.2, 0) is 31.9 Å². The summed E-state index contributed by atoms with van der Waals surface area (Å²) in [7, 11) is 0. The molecule has 1 aliphatic carbocycles. The molecule has 0 amide bonds. The molecule has 141 valence electrons. The van der Waals surface area contributed by atoms with Crippen molar-refractivity contribution in [1.82, 2.24) is 0 Å². The quantitative estimate of drug-likeness (QED) is 0.164. The average Bonchev–Trinajstić information content (AvgIpc) is 3.36. The van der Waals surface area contributed by atoms with Crippen molar-refractivity contribution in [2.24, 2.45) is 5.92 Å². The van der Waals surface area contributed by atoms with Crippen molar-refractivity contribution in [2.75, 3.05) is 6.61 Å². The minimum Gasteiger partial charge on any atom is -0.465 e. The van der Waals surface area contributed by atoms with Crippen molar-refractivity contribution < 1.29 is 31.9 Å². The third-order valence-corrected chi connectivity index (χ3v) is 4.65. The molecule has 1 fully saturated rings. The fourth-order valence-corrected chi connectivity index (χ4v) is 2.91. The first-order valence-electron chi connectivity index (χ1n) is 10.0. The predicted molar refractivity (Wildman–Crippen MR) is 94.0 cm³/mol. The smallest absolute Gasteiger partial charge is 0.308 e. The number of esters is 1. The minimum atomic E-state index is 0. The number of ether oxygens (including phenoxy) is 1. The van der Waals surface area contributed by atoms with Gasteiger partial charge in [-0.3, -0.25) is 4.79 Å². The van der Waals surface area contributed by atoms with Gasteiger partial charge in [0, 0.05) is 22.4 Å². The molecule has 0 heterocycles. The van der Waals surface area contributed by atoms with Crippen LogP contribution in [0.1, 0.15) is 110 Å². The van der Waals surface area contributed by atoms with E-state index in [1.54, 1.807) is 0 Å². The molecule has 0 unspecified atom stereocenters. The van der Waals surface area contributed by atoms with Gasteiger partial charge >= 0.3 is 5.97 Å². The van der Waals surface area contributed by atoms with E-state index in [0.29, 0.717) is 6.61 Å². The Kier molecular flexibility index (Phi) is 17.2. The van der Waals surface area contributed by atoms with Crippen LogP contribution >= 0.6 is 0 Å². The van der Waals surface area contributed by atoms with Crippen LogP contribution < -0.4 is 0 Å². The van der Waals surface area contributed by atoms with Crippen molar-refractivity contribution in [3.05, 3.63) is 0 Å². The molecule has 0 saturated heterocycles. The Morgan fingerprint density at radius 1 is 0.739 bits per heavy atom. The molecule has 0 aromatic heterocycles. The van der Waals surface area contributed by atoms with Gasteiger partial charge in [-0.15, -0.1) is 0 Å². The molecule has 0 N–H and O–H groups in total. The summed E-state index contributed by atoms with van der Waals surface area (Å²) in [6.07, 6.45) is 21.2. The van der Waals surface area contributed by atoms with Crippen molar-refractivity contribution >= 4 is 5.97 Å². The van der Waals surface area contributed by atoms with Gasteiger partial charge in [0.1, 0.15) is 0 Å². The van der Waals surface area contributed by atoms with Crippen LogP contribution in [-0.4, -0.2) is 12.6 Å². The number of hydrogen-bond donors (Lipinski definition) is 0. The summed E-state index contributed by atoms with van der Waals surface area (Å²) in [5, 5.41) is 0. The second kappa shape index (κ2) is 17.0. The van der Waals surface area contributed by atoms with Crippen molar-refractivity contribution in [2.45, 2.75) is 110 Å². The van der Waals surface area contributed by atoms with E-state index in [-0.39, 0.29) is 34.3 Å². The topological polar surface area (TPSA) is 26.3 Å². The molecule has 0 bridgehead atoms. The monoisotopic (exact) mass is 417 g/mol. The van der Waals surface area contributed by atoms with E-state index in [9.17, 15) is 4.79 Å². The van der Waals surface area contributed by atoms with Crippen LogP contribution in [0, 0.1) is 5.92 Å². The van der Waals surface area contributed by atoms with E-state index in [4.69, 9.17) is 4.74 Å². The molecule has 0 aromatic carbocycles. The Hall–Kier alpha value is 0.210. The number of unbranched alkanes of at least 4 members (excludes halogenated alkanes) is 13. The molecule has 0 atom stereocenters. The fourth-order valence-electron chi connectivity index (χ4n) is 2.91. The van der Waals surface area contributed by atoms with Gasteiger partial charge in [-0.05, 0) is 19.3 Å². The Bertz CT molecular complexity index is 264. The number of carbonyl (C=O) groups is 1. The van der Waals surface area contributed by atoms with Gasteiger partial charge in [-0.25, -0.2) is 0 Å². The van der Waals surface area contributed by atoms with Crippen molar-refractivity contribution in [3.63, 3.8) is 0 Å². The summed E-state index contributed by atoms with van der Waals surface area (Å²) < 4.78 is 5.23. The fraction of sp³-hybridized carbons (Fsp3) is 0.950. The standard InChI is InChI=1S/C20H38O2.Ag/c1-2-3-4-5-6-7-8-9-10-11-12-13-14-15-18-22-20(21)19-16-17-19;/h19H,2-18H2,1H3;. The van der Waals surface area contributed by atoms with Crippen molar-refractivity contribution in [1.29, 1.82) is 0 Å². The maximum Gasteiger partial charge on any atom is 0.308 e. The third-order valence-electron chi connectivity index (χ3n) is 4.65. The molecule has 3 heteroatoms. The van der Waals surface area contributed by atoms with E-state index in [1.807, 2.05) is 0 Å². The predicted octanol–water partition coefficient (Wildman–Crippen LogP) is 6.42. The van der Waals surface area contributed by atoms with Crippen LogP contribution in [0.4, 0.5) is 0 Å². The van der Waals surface area contributed by atoms with Crippen LogP contribution in [0.3, 0.4) is 0 Å². The van der Waals surface area contributed by atoms with Gasteiger partial charge in [0.2, 0.25) is 0 Å². The summed E-state index contributed by atoms with van der Waals surface area (Å²) in [6.45, 7) is 2.92. The average molecular weight is 418 g/mol. The molecular formula is C20H38AgO2. The second-order valence-corrected chi connectivity index (χ2v) is 7.04. The zero-order chi connectivity index (χ0) is 15.9. The molecule has 0 aromatic rings. The van der Waals surface area contributed by atoms with Gasteiger partial charge in [0.05, 0.1) is 12.5 Å². The number of rotatable bonds is 16. The van der Waals surface area contributed by atoms with Gasteiger partial charge in [-0.2, -0.15) is 0 Å². The Balaban J connectivity index is 0.00000484. The van der Waals surface area contributed by atoms with Crippen LogP contribution in [0.15, 0.2) is 0 Å². The molecule has 1 radical (unpaired) electrons. The molecule has 23 heavy (non-hydrogen) atoms. The van der Waals surface area contributed by atoms with E-state index >= 15 is 0 Å². The van der Waals surface area contributed by atoms with Crippen LogP contribution in [0.25, 0.3) is 0 Å². The van der Waals surface area contributed by atoms with E-state index < -0.39 is 0 Å². The summed E-state index contributed by atoms with van der Waals surface area (Å²) in [6, 6.07) is 0. The zero-order valence-corrected chi connectivity index (χ0v) is 16.7. The van der Waals surface area contributed by atoms with Gasteiger partial charge in [0.15, 0.2) is 0 Å². The first-order chi connectivity index (χ1) is 10.8. The maximum absolute atomic E-state index is 11.3. The van der Waals surface area contributed by atoms with Crippen LogP contribution in [0.2, 0.25) is 0 Å². The van der Waals surface area contributed by atoms with Gasteiger partial charge < -0.3 is 4.74 Å². The minimum absolute atomic E-state index is 0. The Morgan fingerprint density at radius 3 is 1.52 bits per heavy atom. The van der Waals surface area contributed by atoms with Crippen molar-refractivity contribution in [3.8, 4) is 0 Å². The van der Waals surface area contributed by atoms with Gasteiger partial charge in [-0.1, -0.05) is 90.4 Å². The maximum atomic E-state index is 11.3. The summed E-state index contributed by atoms with van der Waals surface area (Å²) in [5.41, 5.74) is 0. The van der Waals surface area contributed by atoms with E-state index in [2.05, 4.69) is 6.92 Å². The first-order valence-corrected chi connectivity index (χ1v) is 10.0. The zero-order valence-electron chi connectivity index (χ0n) is 15.2. The largest absolute Gasteiger partial charge is 0.465 e. The summed E-state index contributed by atoms with van der Waals surface area (Å²) in [5.74, 6) is 0.307. The third kappa shape index (κ3) is 15.5. The Labute approximate surface area is 160 Å². The SMILES string of the molecule is CCCCCCCCCCCCCCCCOC(=O)C1CC1.[Ag]. The molecule has 1 saturated carbocycles. The molecule has 0 spiro atoms. The second-order valence-electron chi connectivity index (χ2n) is 7.04. The van der Waals surface area contributed by atoms with Crippen LogP contribution in [0.5, 0.6) is 0 Å². The summed E-state index contributed by atoms with van der Waals surface area (Å²) in [4.78, 5) is 11.3. The molecular weight excluding hydrogens is 380 g/mol. The number of carbonyl (C=O) groups excluding carboxylic acids is 1. The van der Waals surface area contributed by atoms with Gasteiger partial charge in [0.25, 0.3) is 0 Å². The first kappa shape index (κ1) is 23.2. The Morgan fingerprint density at radius 2 is 1.13 bits per heavy atom. The van der Waals surface area contributed by atoms with E-state index in [0.717, 1.165) is 19.3 Å². The number of hydrogen-bond acceptors (Lipinski definition) is 2. The molecule has 2 nitrogen and oxygen atoms in total. The molecule has 1 aliphatic rings. The molecule has 0 aliphatic heterocycles. The van der Waals surface area contributed by atoms with E-state index in [1.165, 1.54) is 83.5 Å². The normalized spacial score (nSPS) is 13.6. The molecule has 1 rings (SSSR count).